The minimum absolute atomic E-state index is 0.209. The number of Topliss-reactive ketones (excluding diaryl/α,β-unsaturated/α-hetero) is 1. The minimum atomic E-state index is -2.66. The molecule has 0 aliphatic carbocycles. The Bertz CT molecular complexity index is 567. The lowest BCUT2D eigenvalue weighted by Crippen LogP contribution is -2.67. The number of hydrogen-bond acceptors (Lipinski definition) is 6. The number of nitrogens with two attached hydrogens (primary N) is 3. The van der Waals surface area contributed by atoms with Crippen molar-refractivity contribution in [1.29, 1.82) is 0 Å². The summed E-state index contributed by atoms with van der Waals surface area (Å²) in [6.07, 6.45) is 1.47. The SMILES string of the molecule is CC(C)(C(=O)CCCc1ccc(N)cc1)C(N)[C@@](N)(O)C(=O)O. The van der Waals surface area contributed by atoms with Crippen molar-refractivity contribution >= 4 is 17.4 Å². The second kappa shape index (κ2) is 7.08. The summed E-state index contributed by atoms with van der Waals surface area (Å²) in [5.41, 5.74) is 14.5. The molecule has 0 aromatic heterocycles. The van der Waals surface area contributed by atoms with E-state index in [1.54, 1.807) is 12.1 Å². The van der Waals surface area contributed by atoms with Crippen molar-refractivity contribution in [2.45, 2.75) is 44.9 Å². The maximum atomic E-state index is 12.4. The van der Waals surface area contributed by atoms with Crippen molar-refractivity contribution in [2.24, 2.45) is 16.9 Å². The summed E-state index contributed by atoms with van der Waals surface area (Å²) in [5, 5.41) is 18.7. The molecule has 0 bridgehead atoms. The number of aryl methyl sites for hydroxylation is 1. The summed E-state index contributed by atoms with van der Waals surface area (Å²) in [4.78, 5) is 23.3. The van der Waals surface area contributed by atoms with Gasteiger partial charge in [0.25, 0.3) is 0 Å². The van der Waals surface area contributed by atoms with Gasteiger partial charge in [-0.2, -0.15) is 0 Å². The van der Waals surface area contributed by atoms with Crippen LogP contribution in [0.5, 0.6) is 0 Å². The maximum Gasteiger partial charge on any atom is 0.352 e. The van der Waals surface area contributed by atoms with Crippen LogP contribution in [0.2, 0.25) is 0 Å². The highest BCUT2D eigenvalue weighted by Gasteiger charge is 2.49. The van der Waals surface area contributed by atoms with Gasteiger partial charge in [0.05, 0.1) is 6.04 Å². The lowest BCUT2D eigenvalue weighted by molar-refractivity contribution is -0.165. The van der Waals surface area contributed by atoms with Crippen molar-refractivity contribution < 1.29 is 19.8 Å². The van der Waals surface area contributed by atoms with E-state index < -0.39 is 23.2 Å². The number of benzene rings is 1. The predicted octanol–water partition coefficient (Wildman–Crippen LogP) is 0.246. The third-order valence-corrected chi connectivity index (χ3v) is 4.16. The average Bonchev–Trinajstić information content (AvgIpc) is 2.48. The van der Waals surface area contributed by atoms with E-state index in [2.05, 4.69) is 0 Å². The van der Waals surface area contributed by atoms with Crippen LogP contribution in [-0.2, 0) is 16.0 Å². The van der Waals surface area contributed by atoms with Crippen LogP contribution in [-0.4, -0.2) is 33.7 Å². The van der Waals surface area contributed by atoms with Gasteiger partial charge in [-0.3, -0.25) is 10.5 Å². The highest BCUT2D eigenvalue weighted by atomic mass is 16.4. The smallest absolute Gasteiger partial charge is 0.352 e. The van der Waals surface area contributed by atoms with Crippen LogP contribution in [0.4, 0.5) is 5.69 Å². The molecule has 7 nitrogen and oxygen atoms in total. The number of ketones is 1. The van der Waals surface area contributed by atoms with Gasteiger partial charge in [-0.15, -0.1) is 0 Å². The Morgan fingerprint density at radius 2 is 1.74 bits per heavy atom. The van der Waals surface area contributed by atoms with Crippen LogP contribution >= 0.6 is 0 Å². The number of carbonyl (C=O) groups is 2. The topological polar surface area (TPSA) is 153 Å². The fourth-order valence-electron chi connectivity index (χ4n) is 2.32. The van der Waals surface area contributed by atoms with Crippen LogP contribution < -0.4 is 17.2 Å². The number of carbonyl (C=O) groups excluding carboxylic acids is 1. The number of rotatable bonds is 8. The van der Waals surface area contributed by atoms with E-state index in [1.165, 1.54) is 13.8 Å². The predicted molar refractivity (Wildman–Crippen MR) is 87.3 cm³/mol. The Kier molecular flexibility index (Phi) is 5.87. The zero-order valence-corrected chi connectivity index (χ0v) is 13.5. The molecule has 0 saturated carbocycles. The summed E-state index contributed by atoms with van der Waals surface area (Å²) in [6, 6.07) is 5.94. The van der Waals surface area contributed by atoms with Gasteiger partial charge in [0.15, 0.2) is 0 Å². The zero-order valence-electron chi connectivity index (χ0n) is 13.5. The molecule has 0 heterocycles. The second-order valence-electron chi connectivity index (χ2n) is 6.35. The van der Waals surface area contributed by atoms with Gasteiger partial charge in [0, 0.05) is 17.5 Å². The number of nitrogen functional groups attached to an aromatic ring is 1. The van der Waals surface area contributed by atoms with Gasteiger partial charge in [-0.05, 0) is 30.5 Å². The number of aliphatic carboxylic acids is 1. The molecule has 0 spiro atoms. The quantitative estimate of drug-likeness (QED) is 0.339. The Balaban J connectivity index is 2.65. The van der Waals surface area contributed by atoms with Crippen molar-refractivity contribution in [3.05, 3.63) is 29.8 Å². The number of anilines is 1. The van der Waals surface area contributed by atoms with Crippen LogP contribution in [0.3, 0.4) is 0 Å². The summed E-state index contributed by atoms with van der Waals surface area (Å²) < 4.78 is 0. The molecule has 1 aromatic rings. The maximum absolute atomic E-state index is 12.4. The monoisotopic (exact) mass is 323 g/mol. The molecule has 7 heteroatoms. The normalized spacial score (nSPS) is 15.7. The lowest BCUT2D eigenvalue weighted by Gasteiger charge is -2.37. The number of hydrogen-bond donors (Lipinski definition) is 5. The van der Waals surface area contributed by atoms with Crippen LogP contribution in [0, 0.1) is 5.41 Å². The minimum Gasteiger partial charge on any atom is -0.478 e. The summed E-state index contributed by atoms with van der Waals surface area (Å²) >= 11 is 0. The molecule has 128 valence electrons. The van der Waals surface area contributed by atoms with E-state index >= 15 is 0 Å². The molecule has 0 fully saturated rings. The van der Waals surface area contributed by atoms with E-state index in [1.807, 2.05) is 12.1 Å². The first kappa shape index (κ1) is 19.1. The van der Waals surface area contributed by atoms with E-state index in [4.69, 9.17) is 22.3 Å². The van der Waals surface area contributed by atoms with E-state index in [0.29, 0.717) is 18.5 Å². The number of carboxylic acids is 1. The van der Waals surface area contributed by atoms with Gasteiger partial charge in [-0.1, -0.05) is 26.0 Å². The molecule has 0 aliphatic heterocycles. The molecular weight excluding hydrogens is 298 g/mol. The molecule has 23 heavy (non-hydrogen) atoms. The third-order valence-electron chi connectivity index (χ3n) is 4.16. The van der Waals surface area contributed by atoms with Crippen LogP contribution in [0.15, 0.2) is 24.3 Å². The van der Waals surface area contributed by atoms with Crippen molar-refractivity contribution in [1.82, 2.24) is 0 Å². The fourth-order valence-corrected chi connectivity index (χ4v) is 2.32. The van der Waals surface area contributed by atoms with Gasteiger partial charge in [-0.25, -0.2) is 4.79 Å². The van der Waals surface area contributed by atoms with E-state index in [-0.39, 0.29) is 12.2 Å². The Hall–Kier alpha value is -1.96. The fraction of sp³-hybridized carbons (Fsp3) is 0.500. The van der Waals surface area contributed by atoms with Crippen molar-refractivity contribution in [2.75, 3.05) is 5.73 Å². The average molecular weight is 323 g/mol. The Morgan fingerprint density at radius 1 is 1.22 bits per heavy atom. The molecule has 0 amide bonds. The van der Waals surface area contributed by atoms with Crippen molar-refractivity contribution in [3.63, 3.8) is 0 Å². The molecule has 0 saturated heterocycles. The molecule has 8 N–H and O–H groups in total. The third kappa shape index (κ3) is 4.51. The summed E-state index contributed by atoms with van der Waals surface area (Å²) in [6.45, 7) is 2.98. The van der Waals surface area contributed by atoms with Gasteiger partial charge >= 0.3 is 5.97 Å². The van der Waals surface area contributed by atoms with Gasteiger partial charge in [0.2, 0.25) is 5.72 Å². The molecule has 1 rings (SSSR count). The summed E-state index contributed by atoms with van der Waals surface area (Å²) in [5.74, 6) is -1.90. The summed E-state index contributed by atoms with van der Waals surface area (Å²) in [7, 11) is 0. The first-order chi connectivity index (χ1) is 10.5. The molecule has 2 atom stereocenters. The Morgan fingerprint density at radius 3 is 2.22 bits per heavy atom. The first-order valence-electron chi connectivity index (χ1n) is 7.37. The molecule has 1 aromatic carbocycles. The highest BCUT2D eigenvalue weighted by molar-refractivity contribution is 5.87. The Labute approximate surface area is 135 Å². The van der Waals surface area contributed by atoms with Crippen LogP contribution in [0.25, 0.3) is 0 Å². The van der Waals surface area contributed by atoms with Gasteiger partial charge in [0.1, 0.15) is 5.78 Å². The lowest BCUT2D eigenvalue weighted by atomic mass is 9.74. The number of carboxylic acid groups (broad SMARTS) is 1. The van der Waals surface area contributed by atoms with Gasteiger partial charge < -0.3 is 21.7 Å². The first-order valence-corrected chi connectivity index (χ1v) is 7.37. The largest absolute Gasteiger partial charge is 0.478 e. The van der Waals surface area contributed by atoms with Crippen LogP contribution in [0.1, 0.15) is 32.3 Å². The number of aliphatic hydroxyl groups is 1. The van der Waals surface area contributed by atoms with E-state index in [0.717, 1.165) is 5.56 Å². The molecular formula is C16H25N3O4. The van der Waals surface area contributed by atoms with Crippen molar-refractivity contribution in [3.8, 4) is 0 Å². The standard InChI is InChI=1S/C16H25N3O4/c1-15(2,13(18)16(19,23)14(21)22)12(20)5-3-4-10-6-8-11(17)9-7-10/h6-9,13,23H,3-5,17-19H2,1-2H3,(H,21,22)/t13?,16-/m1/s1. The molecule has 1 unspecified atom stereocenters. The zero-order chi connectivity index (χ0) is 17.8. The second-order valence-corrected chi connectivity index (χ2v) is 6.35. The van der Waals surface area contributed by atoms with E-state index in [9.17, 15) is 14.7 Å². The highest BCUT2D eigenvalue weighted by Crippen LogP contribution is 2.28. The molecule has 0 aliphatic rings. The molecule has 0 radical (unpaired) electrons.